The van der Waals surface area contributed by atoms with Gasteiger partial charge in [0.2, 0.25) is 0 Å². The molecule has 2 nitrogen and oxygen atoms in total. The van der Waals surface area contributed by atoms with Crippen molar-refractivity contribution in [2.75, 3.05) is 0 Å². The van der Waals surface area contributed by atoms with E-state index in [0.29, 0.717) is 5.39 Å². The largest absolute Gasteiger partial charge is 0.288 e. The summed E-state index contributed by atoms with van der Waals surface area (Å²) in [5.41, 5.74) is 0.824. The average Bonchev–Trinajstić information content (AvgIpc) is 2.69. The van der Waals surface area contributed by atoms with Gasteiger partial charge in [-0.3, -0.25) is 9.78 Å². The van der Waals surface area contributed by atoms with Crippen LogP contribution in [0.5, 0.6) is 0 Å². The van der Waals surface area contributed by atoms with E-state index in [1.807, 2.05) is 29.6 Å². The van der Waals surface area contributed by atoms with Gasteiger partial charge in [-0.05, 0) is 35.7 Å². The standard InChI is InChI=1S/C12H7NOS/c14-12-8-2-1-6-13-10(8)3-4-11-9(12)5-7-15-11/h1-7H. The minimum absolute atomic E-state index is 0.0688. The molecular formula is C12H7NOS. The lowest BCUT2D eigenvalue weighted by Crippen LogP contribution is -1.96. The first-order chi connectivity index (χ1) is 7.36. The molecule has 0 aliphatic carbocycles. The fraction of sp³-hybridized carbons (Fsp3) is 0. The molecule has 2 aromatic heterocycles. The molecule has 2 heterocycles. The summed E-state index contributed by atoms with van der Waals surface area (Å²) in [7, 11) is 0. The van der Waals surface area contributed by atoms with Gasteiger partial charge in [0.15, 0.2) is 5.43 Å². The number of aromatic nitrogens is 1. The fourth-order valence-corrected chi connectivity index (χ4v) is 2.46. The van der Waals surface area contributed by atoms with E-state index >= 15 is 0 Å². The number of hydrogen-bond donors (Lipinski definition) is 0. The molecule has 3 heteroatoms. The Morgan fingerprint density at radius 1 is 1.07 bits per heavy atom. The van der Waals surface area contributed by atoms with Crippen LogP contribution >= 0.6 is 11.3 Å². The number of fused-ring (bicyclic) bond motifs is 2. The second-order valence-corrected chi connectivity index (χ2v) is 4.24. The van der Waals surface area contributed by atoms with E-state index in [9.17, 15) is 4.79 Å². The Kier molecular flexibility index (Phi) is 1.79. The molecule has 0 bridgehead atoms. The predicted molar refractivity (Wildman–Crippen MR) is 63.4 cm³/mol. The lowest BCUT2D eigenvalue weighted by atomic mass is 10.2. The third kappa shape index (κ3) is 1.24. The van der Waals surface area contributed by atoms with Crippen LogP contribution in [0.3, 0.4) is 0 Å². The molecule has 0 saturated heterocycles. The van der Waals surface area contributed by atoms with Crippen LogP contribution in [0.4, 0.5) is 0 Å². The summed E-state index contributed by atoms with van der Waals surface area (Å²) in [4.78, 5) is 16.3. The Morgan fingerprint density at radius 3 is 2.93 bits per heavy atom. The summed E-state index contributed by atoms with van der Waals surface area (Å²) in [6.07, 6.45) is 1.70. The molecule has 72 valence electrons. The van der Waals surface area contributed by atoms with Crippen LogP contribution in [-0.2, 0) is 0 Å². The molecule has 0 aliphatic rings. The second kappa shape index (κ2) is 3.14. The first-order valence-electron chi connectivity index (χ1n) is 4.61. The molecule has 0 spiro atoms. The normalized spacial score (nSPS) is 10.9. The maximum atomic E-state index is 12.1. The Morgan fingerprint density at radius 2 is 2.00 bits per heavy atom. The molecule has 0 saturated carbocycles. The zero-order valence-electron chi connectivity index (χ0n) is 7.81. The van der Waals surface area contributed by atoms with E-state index < -0.39 is 0 Å². The lowest BCUT2D eigenvalue weighted by molar-refractivity contribution is 1.42. The molecule has 1 aromatic carbocycles. The summed E-state index contributed by atoms with van der Waals surface area (Å²) in [6.45, 7) is 0. The first-order valence-corrected chi connectivity index (χ1v) is 5.49. The SMILES string of the molecule is O=c1c2cccnc2ccc2sccc12. The molecule has 0 N–H and O–H groups in total. The van der Waals surface area contributed by atoms with Gasteiger partial charge in [-0.25, -0.2) is 0 Å². The van der Waals surface area contributed by atoms with E-state index in [-0.39, 0.29) is 5.43 Å². The van der Waals surface area contributed by atoms with Crippen molar-refractivity contribution in [1.29, 1.82) is 0 Å². The van der Waals surface area contributed by atoms with Gasteiger partial charge >= 0.3 is 0 Å². The van der Waals surface area contributed by atoms with Crippen LogP contribution in [0, 0.1) is 0 Å². The van der Waals surface area contributed by atoms with Gasteiger partial charge in [-0.1, -0.05) is 0 Å². The number of thiophene rings is 1. The molecule has 0 radical (unpaired) electrons. The Hall–Kier alpha value is -1.74. The van der Waals surface area contributed by atoms with Crippen LogP contribution in [0.2, 0.25) is 0 Å². The highest BCUT2D eigenvalue weighted by Crippen LogP contribution is 2.18. The smallest absolute Gasteiger partial charge is 0.196 e. The number of nitrogens with zero attached hydrogens (tertiary/aromatic N) is 1. The van der Waals surface area contributed by atoms with Crippen molar-refractivity contribution in [3.8, 4) is 0 Å². The highest BCUT2D eigenvalue weighted by molar-refractivity contribution is 7.17. The van der Waals surface area contributed by atoms with Gasteiger partial charge in [0.05, 0.1) is 5.52 Å². The third-order valence-electron chi connectivity index (χ3n) is 2.42. The molecule has 0 amide bonds. The monoisotopic (exact) mass is 213 g/mol. The van der Waals surface area contributed by atoms with Gasteiger partial charge in [-0.2, -0.15) is 0 Å². The molecular weight excluding hydrogens is 206 g/mol. The quantitative estimate of drug-likeness (QED) is 0.574. The van der Waals surface area contributed by atoms with Gasteiger partial charge in [-0.15, -0.1) is 11.3 Å². The van der Waals surface area contributed by atoms with Crippen molar-refractivity contribution < 1.29 is 0 Å². The number of pyridine rings is 1. The summed E-state index contributed by atoms with van der Waals surface area (Å²) in [5.74, 6) is 0. The van der Waals surface area contributed by atoms with Crippen LogP contribution in [0.25, 0.3) is 21.0 Å². The Labute approximate surface area is 89.8 Å². The molecule has 0 atom stereocenters. The summed E-state index contributed by atoms with van der Waals surface area (Å²) < 4.78 is 1.01. The number of rotatable bonds is 0. The summed E-state index contributed by atoms with van der Waals surface area (Å²) >= 11 is 1.58. The Balaban J connectivity index is 2.71. The minimum atomic E-state index is 0.0688. The predicted octanol–water partition coefficient (Wildman–Crippen LogP) is 2.81. The van der Waals surface area contributed by atoms with Gasteiger partial charge in [0, 0.05) is 21.7 Å². The van der Waals surface area contributed by atoms with E-state index in [4.69, 9.17) is 0 Å². The minimum Gasteiger partial charge on any atom is -0.288 e. The van der Waals surface area contributed by atoms with E-state index in [1.54, 1.807) is 23.6 Å². The number of hydrogen-bond acceptors (Lipinski definition) is 3. The van der Waals surface area contributed by atoms with Crippen molar-refractivity contribution in [2.45, 2.75) is 0 Å². The van der Waals surface area contributed by atoms with Crippen molar-refractivity contribution in [3.05, 3.63) is 52.1 Å². The maximum Gasteiger partial charge on any atom is 0.196 e. The highest BCUT2D eigenvalue weighted by Gasteiger charge is 2.02. The topological polar surface area (TPSA) is 30.0 Å². The van der Waals surface area contributed by atoms with E-state index in [1.165, 1.54) is 0 Å². The van der Waals surface area contributed by atoms with Crippen molar-refractivity contribution in [1.82, 2.24) is 4.98 Å². The van der Waals surface area contributed by atoms with Crippen LogP contribution in [0.15, 0.2) is 46.7 Å². The lowest BCUT2D eigenvalue weighted by Gasteiger charge is -1.87. The molecule has 0 aliphatic heterocycles. The molecule has 3 aromatic rings. The second-order valence-electron chi connectivity index (χ2n) is 3.30. The van der Waals surface area contributed by atoms with Crippen LogP contribution in [0.1, 0.15) is 0 Å². The van der Waals surface area contributed by atoms with Gasteiger partial charge in [0.1, 0.15) is 0 Å². The molecule has 0 fully saturated rings. The van der Waals surface area contributed by atoms with Gasteiger partial charge < -0.3 is 0 Å². The molecule has 0 unspecified atom stereocenters. The summed E-state index contributed by atoms with van der Waals surface area (Å²) in [5, 5.41) is 3.41. The molecule has 3 rings (SSSR count). The highest BCUT2D eigenvalue weighted by atomic mass is 32.1. The zero-order valence-corrected chi connectivity index (χ0v) is 8.62. The van der Waals surface area contributed by atoms with Crippen LogP contribution in [-0.4, -0.2) is 4.98 Å². The first kappa shape index (κ1) is 8.56. The zero-order chi connectivity index (χ0) is 10.3. The average molecular weight is 213 g/mol. The summed E-state index contributed by atoms with van der Waals surface area (Å²) in [6, 6.07) is 9.34. The van der Waals surface area contributed by atoms with E-state index in [2.05, 4.69) is 4.98 Å². The third-order valence-corrected chi connectivity index (χ3v) is 3.30. The Bertz CT molecular complexity index is 702. The fourth-order valence-electron chi connectivity index (χ4n) is 1.68. The van der Waals surface area contributed by atoms with Crippen molar-refractivity contribution in [3.63, 3.8) is 0 Å². The van der Waals surface area contributed by atoms with E-state index in [0.717, 1.165) is 15.6 Å². The maximum absolute atomic E-state index is 12.1. The molecule has 15 heavy (non-hydrogen) atoms. The van der Waals surface area contributed by atoms with Crippen LogP contribution < -0.4 is 5.43 Å². The van der Waals surface area contributed by atoms with Crippen molar-refractivity contribution >= 4 is 32.3 Å². The van der Waals surface area contributed by atoms with Crippen molar-refractivity contribution in [2.24, 2.45) is 0 Å². The van der Waals surface area contributed by atoms with Gasteiger partial charge in [0.25, 0.3) is 0 Å².